The molecule has 1 aliphatic rings. The van der Waals surface area contributed by atoms with Crippen LogP contribution in [0.2, 0.25) is 0 Å². The number of pyridine rings is 1. The summed E-state index contributed by atoms with van der Waals surface area (Å²) >= 11 is 0. The summed E-state index contributed by atoms with van der Waals surface area (Å²) in [7, 11) is 1.98. The fourth-order valence-corrected chi connectivity index (χ4v) is 2.26. The number of anilines is 1. The van der Waals surface area contributed by atoms with E-state index in [2.05, 4.69) is 29.3 Å². The third-order valence-corrected chi connectivity index (χ3v) is 3.21. The quantitative estimate of drug-likeness (QED) is 0.879. The van der Waals surface area contributed by atoms with E-state index in [0.29, 0.717) is 0 Å². The zero-order valence-corrected chi connectivity index (χ0v) is 11.4. The molecule has 1 fully saturated rings. The number of nitrogens with one attached hydrogen (secondary N) is 1. The van der Waals surface area contributed by atoms with Crippen LogP contribution in [0.25, 0.3) is 0 Å². The summed E-state index contributed by atoms with van der Waals surface area (Å²) < 4.78 is 5.50. The summed E-state index contributed by atoms with van der Waals surface area (Å²) in [5.41, 5.74) is 2.48. The molecule has 1 N–H and O–H groups in total. The molecule has 1 aromatic rings. The summed E-state index contributed by atoms with van der Waals surface area (Å²) in [5.74, 6) is 1.10. The van der Waals surface area contributed by atoms with Gasteiger partial charge in [-0.25, -0.2) is 4.98 Å². The first-order chi connectivity index (χ1) is 8.83. The van der Waals surface area contributed by atoms with Gasteiger partial charge >= 0.3 is 0 Å². The maximum atomic E-state index is 5.50. The van der Waals surface area contributed by atoms with Crippen molar-refractivity contribution in [1.82, 2.24) is 10.3 Å². The van der Waals surface area contributed by atoms with Gasteiger partial charge in [-0.1, -0.05) is 6.92 Å². The fourth-order valence-electron chi connectivity index (χ4n) is 2.26. The standard InChI is InChI=1S/C14H23N3O/c1-3-13-9-12(11-15-2)10-14(16-13)17-5-4-7-18-8-6-17/h9-10,15H,3-8,11H2,1-2H3. The van der Waals surface area contributed by atoms with Crippen LogP contribution >= 0.6 is 0 Å². The summed E-state index contributed by atoms with van der Waals surface area (Å²) in [6, 6.07) is 4.38. The maximum absolute atomic E-state index is 5.50. The number of ether oxygens (including phenoxy) is 1. The minimum absolute atomic E-state index is 0.805. The predicted octanol–water partition coefficient (Wildman–Crippen LogP) is 1.59. The molecule has 0 bridgehead atoms. The van der Waals surface area contributed by atoms with Crippen LogP contribution in [0.4, 0.5) is 5.82 Å². The third kappa shape index (κ3) is 3.43. The first-order valence-electron chi connectivity index (χ1n) is 6.80. The first-order valence-corrected chi connectivity index (χ1v) is 6.80. The molecular formula is C14H23N3O. The van der Waals surface area contributed by atoms with E-state index in [-0.39, 0.29) is 0 Å². The Labute approximate surface area is 109 Å². The monoisotopic (exact) mass is 249 g/mol. The largest absolute Gasteiger partial charge is 0.380 e. The molecule has 1 aliphatic heterocycles. The lowest BCUT2D eigenvalue weighted by atomic mass is 10.2. The smallest absolute Gasteiger partial charge is 0.129 e. The third-order valence-electron chi connectivity index (χ3n) is 3.21. The van der Waals surface area contributed by atoms with E-state index in [9.17, 15) is 0 Å². The topological polar surface area (TPSA) is 37.4 Å². The van der Waals surface area contributed by atoms with Crippen molar-refractivity contribution in [3.8, 4) is 0 Å². The highest BCUT2D eigenvalue weighted by Gasteiger charge is 2.12. The Hall–Kier alpha value is -1.13. The average Bonchev–Trinajstić information content (AvgIpc) is 2.67. The highest BCUT2D eigenvalue weighted by atomic mass is 16.5. The Morgan fingerprint density at radius 3 is 3.00 bits per heavy atom. The number of aryl methyl sites for hydroxylation is 1. The van der Waals surface area contributed by atoms with E-state index in [1.807, 2.05) is 7.05 Å². The minimum Gasteiger partial charge on any atom is -0.380 e. The lowest BCUT2D eigenvalue weighted by Gasteiger charge is -2.22. The predicted molar refractivity (Wildman–Crippen MR) is 74.0 cm³/mol. The Morgan fingerprint density at radius 2 is 2.22 bits per heavy atom. The van der Waals surface area contributed by atoms with Crippen LogP contribution in [0.1, 0.15) is 24.6 Å². The van der Waals surface area contributed by atoms with Gasteiger partial charge in [0.25, 0.3) is 0 Å². The molecule has 0 unspecified atom stereocenters. The average molecular weight is 249 g/mol. The zero-order valence-electron chi connectivity index (χ0n) is 11.4. The van der Waals surface area contributed by atoms with Crippen LogP contribution in [0.15, 0.2) is 12.1 Å². The van der Waals surface area contributed by atoms with E-state index in [1.54, 1.807) is 0 Å². The molecule has 100 valence electrons. The molecule has 0 saturated carbocycles. The normalized spacial score (nSPS) is 16.7. The van der Waals surface area contributed by atoms with Crippen molar-refractivity contribution >= 4 is 5.82 Å². The van der Waals surface area contributed by atoms with E-state index in [0.717, 1.165) is 51.5 Å². The Balaban J connectivity index is 2.21. The number of rotatable bonds is 4. The molecule has 4 nitrogen and oxygen atoms in total. The van der Waals surface area contributed by atoms with Crippen LogP contribution in [-0.2, 0) is 17.7 Å². The number of nitrogens with zero attached hydrogens (tertiary/aromatic N) is 2. The Bertz CT molecular complexity index is 373. The molecule has 0 aliphatic carbocycles. The van der Waals surface area contributed by atoms with Crippen molar-refractivity contribution in [1.29, 1.82) is 0 Å². The molecular weight excluding hydrogens is 226 g/mol. The molecule has 0 spiro atoms. The van der Waals surface area contributed by atoms with Gasteiger partial charge in [0.05, 0.1) is 6.61 Å². The van der Waals surface area contributed by atoms with Gasteiger partial charge in [0.1, 0.15) is 5.82 Å². The lowest BCUT2D eigenvalue weighted by molar-refractivity contribution is 0.152. The highest BCUT2D eigenvalue weighted by Crippen LogP contribution is 2.17. The maximum Gasteiger partial charge on any atom is 0.129 e. The van der Waals surface area contributed by atoms with Gasteiger partial charge in [0, 0.05) is 31.9 Å². The van der Waals surface area contributed by atoms with Gasteiger partial charge < -0.3 is 15.0 Å². The van der Waals surface area contributed by atoms with Crippen molar-refractivity contribution < 1.29 is 4.74 Å². The SMILES string of the molecule is CCc1cc(CNC)cc(N2CCCOCC2)n1. The van der Waals surface area contributed by atoms with Gasteiger partial charge in [0.2, 0.25) is 0 Å². The van der Waals surface area contributed by atoms with Crippen LogP contribution in [0, 0.1) is 0 Å². The molecule has 2 rings (SSSR count). The molecule has 18 heavy (non-hydrogen) atoms. The van der Waals surface area contributed by atoms with Gasteiger partial charge in [-0.15, -0.1) is 0 Å². The zero-order chi connectivity index (χ0) is 12.8. The molecule has 2 heterocycles. The number of hydrogen-bond acceptors (Lipinski definition) is 4. The van der Waals surface area contributed by atoms with E-state index in [4.69, 9.17) is 9.72 Å². The summed E-state index contributed by atoms with van der Waals surface area (Å²) in [6.45, 7) is 6.71. The fraction of sp³-hybridized carbons (Fsp3) is 0.643. The summed E-state index contributed by atoms with van der Waals surface area (Å²) in [4.78, 5) is 7.08. The summed E-state index contributed by atoms with van der Waals surface area (Å²) in [5, 5.41) is 3.21. The minimum atomic E-state index is 0.805. The van der Waals surface area contributed by atoms with Crippen molar-refractivity contribution in [2.24, 2.45) is 0 Å². The molecule has 0 amide bonds. The van der Waals surface area contributed by atoms with Gasteiger partial charge in [-0.05, 0) is 37.6 Å². The second kappa shape index (κ2) is 6.71. The molecule has 1 saturated heterocycles. The number of aromatic nitrogens is 1. The molecule has 0 aromatic carbocycles. The van der Waals surface area contributed by atoms with E-state index >= 15 is 0 Å². The van der Waals surface area contributed by atoms with Gasteiger partial charge in [-0.2, -0.15) is 0 Å². The van der Waals surface area contributed by atoms with Crippen LogP contribution in [0.3, 0.4) is 0 Å². The van der Waals surface area contributed by atoms with Crippen molar-refractivity contribution in [3.63, 3.8) is 0 Å². The van der Waals surface area contributed by atoms with Gasteiger partial charge in [0.15, 0.2) is 0 Å². The van der Waals surface area contributed by atoms with Crippen LogP contribution < -0.4 is 10.2 Å². The number of hydrogen-bond donors (Lipinski definition) is 1. The second-order valence-corrected chi connectivity index (χ2v) is 4.66. The lowest BCUT2D eigenvalue weighted by Crippen LogP contribution is -2.27. The van der Waals surface area contributed by atoms with Crippen LogP contribution in [0.5, 0.6) is 0 Å². The summed E-state index contributed by atoms with van der Waals surface area (Å²) in [6.07, 6.45) is 2.06. The van der Waals surface area contributed by atoms with E-state index < -0.39 is 0 Å². The van der Waals surface area contributed by atoms with E-state index in [1.165, 1.54) is 11.3 Å². The molecule has 4 heteroatoms. The Kier molecular flexibility index (Phi) is 4.96. The highest BCUT2D eigenvalue weighted by molar-refractivity contribution is 5.43. The van der Waals surface area contributed by atoms with Crippen molar-refractivity contribution in [2.45, 2.75) is 26.3 Å². The molecule has 1 aromatic heterocycles. The van der Waals surface area contributed by atoms with Crippen LogP contribution in [-0.4, -0.2) is 38.3 Å². The first kappa shape index (κ1) is 13.3. The molecule has 0 atom stereocenters. The Morgan fingerprint density at radius 1 is 1.33 bits per heavy atom. The molecule has 0 radical (unpaired) electrons. The van der Waals surface area contributed by atoms with Gasteiger partial charge in [-0.3, -0.25) is 0 Å². The second-order valence-electron chi connectivity index (χ2n) is 4.66. The van der Waals surface area contributed by atoms with Crippen molar-refractivity contribution in [3.05, 3.63) is 23.4 Å². The van der Waals surface area contributed by atoms with Crippen molar-refractivity contribution in [2.75, 3.05) is 38.3 Å².